The molecule has 0 aliphatic carbocycles. The Kier molecular flexibility index (Phi) is 6.38. The van der Waals surface area contributed by atoms with E-state index in [9.17, 15) is 23.1 Å². The molecule has 1 aliphatic heterocycles. The van der Waals surface area contributed by atoms with E-state index < -0.39 is 23.1 Å². The Hall–Kier alpha value is -3.00. The average molecular weight is 461 g/mol. The molecule has 5 nitrogen and oxygen atoms in total. The Balaban J connectivity index is 1.85. The molecule has 33 heavy (non-hydrogen) atoms. The number of ether oxygens (including phenoxy) is 1. The first-order chi connectivity index (χ1) is 15.7. The van der Waals surface area contributed by atoms with Crippen LogP contribution < -0.4 is 10.2 Å². The Labute approximate surface area is 189 Å². The van der Waals surface area contributed by atoms with Crippen LogP contribution in [0.1, 0.15) is 50.0 Å². The molecule has 3 aromatic rings. The summed E-state index contributed by atoms with van der Waals surface area (Å²) in [6.07, 6.45) is -1.21. The minimum atomic E-state index is -4.97. The van der Waals surface area contributed by atoms with Crippen LogP contribution in [0.3, 0.4) is 0 Å². The van der Waals surface area contributed by atoms with E-state index in [0.717, 1.165) is 37.8 Å². The summed E-state index contributed by atoms with van der Waals surface area (Å²) in [5.74, 6) is -2.54. The van der Waals surface area contributed by atoms with Crippen molar-refractivity contribution >= 4 is 11.0 Å². The van der Waals surface area contributed by atoms with Crippen LogP contribution in [-0.4, -0.2) is 22.6 Å². The van der Waals surface area contributed by atoms with Crippen molar-refractivity contribution in [2.24, 2.45) is 0 Å². The number of hydrogen-bond donors (Lipinski definition) is 1. The van der Waals surface area contributed by atoms with Gasteiger partial charge >= 0.3 is 6.18 Å². The maximum Gasteiger partial charge on any atom is 0.453 e. The van der Waals surface area contributed by atoms with Crippen molar-refractivity contribution in [2.75, 3.05) is 6.54 Å². The largest absolute Gasteiger partial charge is 0.507 e. The zero-order chi connectivity index (χ0) is 23.8. The first-order valence-electron chi connectivity index (χ1n) is 11.1. The van der Waals surface area contributed by atoms with E-state index in [1.54, 1.807) is 12.1 Å². The summed E-state index contributed by atoms with van der Waals surface area (Å²) < 4.78 is 52.6. The zero-order valence-corrected chi connectivity index (χ0v) is 18.5. The molecule has 1 atom stereocenters. The Morgan fingerprint density at radius 1 is 1.15 bits per heavy atom. The molecular formula is C25H26F3NO4. The predicted molar refractivity (Wildman–Crippen MR) is 119 cm³/mol. The van der Waals surface area contributed by atoms with Crippen LogP contribution in [0.2, 0.25) is 0 Å². The Bertz CT molecular complexity index is 1200. The summed E-state index contributed by atoms with van der Waals surface area (Å²) in [5, 5.41) is 10.4. The quantitative estimate of drug-likeness (QED) is 0.487. The number of halogens is 3. The Morgan fingerprint density at radius 3 is 2.52 bits per heavy atom. The molecule has 4 rings (SSSR count). The third-order valence-electron chi connectivity index (χ3n) is 6.21. The van der Waals surface area contributed by atoms with E-state index in [1.165, 1.54) is 24.3 Å². The molecule has 0 saturated carbocycles. The number of alkyl halides is 3. The lowest BCUT2D eigenvalue weighted by Crippen LogP contribution is -2.36. The minimum absolute atomic E-state index is 0.0689. The third-order valence-corrected chi connectivity index (χ3v) is 6.21. The van der Waals surface area contributed by atoms with Crippen LogP contribution in [0.4, 0.5) is 13.2 Å². The lowest BCUT2D eigenvalue weighted by atomic mass is 10.0. The second kappa shape index (κ2) is 9.09. The van der Waals surface area contributed by atoms with Gasteiger partial charge in [0.05, 0.1) is 10.9 Å². The first kappa shape index (κ1) is 23.2. The average Bonchev–Trinajstić information content (AvgIpc) is 2.78. The number of rotatable bonds is 5. The molecule has 0 radical (unpaired) electrons. The van der Waals surface area contributed by atoms with E-state index >= 15 is 0 Å². The van der Waals surface area contributed by atoms with Gasteiger partial charge in [-0.25, -0.2) is 0 Å². The number of nitrogens with zero attached hydrogens (tertiary/aromatic N) is 1. The van der Waals surface area contributed by atoms with Crippen molar-refractivity contribution in [3.05, 3.63) is 63.5 Å². The zero-order valence-electron chi connectivity index (χ0n) is 18.5. The number of fused-ring (bicyclic) bond motifs is 1. The summed E-state index contributed by atoms with van der Waals surface area (Å²) in [7, 11) is 0. The van der Waals surface area contributed by atoms with Crippen molar-refractivity contribution in [1.29, 1.82) is 0 Å². The maximum atomic E-state index is 13.9. The lowest BCUT2D eigenvalue weighted by molar-refractivity contribution is -0.154. The predicted octanol–water partition coefficient (Wildman–Crippen LogP) is 6.25. The van der Waals surface area contributed by atoms with Gasteiger partial charge in [-0.1, -0.05) is 25.5 Å². The Morgan fingerprint density at radius 2 is 1.88 bits per heavy atom. The highest BCUT2D eigenvalue weighted by Crippen LogP contribution is 2.40. The summed E-state index contributed by atoms with van der Waals surface area (Å²) >= 11 is 0. The summed E-state index contributed by atoms with van der Waals surface area (Å²) in [4.78, 5) is 15.2. The standard InChI is InChI=1S/C25H26F3NO4/c1-3-16-7-9-17(10-8-16)32-23-21(31)18-11-12-20(30)19(14-29-13-5-4-6-15(29)2)22(18)33-24(23)25(26,27)28/h7-12,15,30H,3-6,13-14H2,1-2H3. The SMILES string of the molecule is CCc1ccc(Oc2c(C(F)(F)F)oc3c(CN4CCCCC4C)c(O)ccc3c2=O)cc1. The number of likely N-dealkylation sites (tertiary alicyclic amines) is 1. The van der Waals surface area contributed by atoms with Gasteiger partial charge in [0.1, 0.15) is 17.1 Å². The van der Waals surface area contributed by atoms with E-state index in [4.69, 9.17) is 9.15 Å². The monoisotopic (exact) mass is 461 g/mol. The van der Waals surface area contributed by atoms with Crippen LogP contribution in [0.25, 0.3) is 11.0 Å². The molecule has 176 valence electrons. The molecule has 1 aliphatic rings. The molecule has 0 amide bonds. The smallest absolute Gasteiger partial charge is 0.453 e. The number of benzene rings is 2. The summed E-state index contributed by atoms with van der Waals surface area (Å²) in [5.41, 5.74) is -0.0476. The number of phenols is 1. The molecule has 2 aromatic carbocycles. The second-order valence-corrected chi connectivity index (χ2v) is 8.44. The molecule has 0 spiro atoms. The molecule has 0 bridgehead atoms. The van der Waals surface area contributed by atoms with E-state index in [-0.39, 0.29) is 40.6 Å². The highest BCUT2D eigenvalue weighted by molar-refractivity contribution is 5.83. The number of aryl methyl sites for hydroxylation is 1. The number of hydrogen-bond acceptors (Lipinski definition) is 5. The van der Waals surface area contributed by atoms with E-state index in [2.05, 4.69) is 4.90 Å². The highest BCUT2D eigenvalue weighted by atomic mass is 19.4. The maximum absolute atomic E-state index is 13.9. The van der Waals surface area contributed by atoms with Gasteiger partial charge in [0.25, 0.3) is 5.76 Å². The van der Waals surface area contributed by atoms with Crippen LogP contribution >= 0.6 is 0 Å². The van der Waals surface area contributed by atoms with E-state index in [0.29, 0.717) is 0 Å². The normalized spacial score (nSPS) is 17.4. The fraction of sp³-hybridized carbons (Fsp3) is 0.400. The number of piperidine rings is 1. The van der Waals surface area contributed by atoms with Gasteiger partial charge in [0.2, 0.25) is 11.2 Å². The topological polar surface area (TPSA) is 62.9 Å². The molecule has 1 fully saturated rings. The van der Waals surface area contributed by atoms with Gasteiger partial charge in [-0.15, -0.1) is 0 Å². The molecule has 1 unspecified atom stereocenters. The summed E-state index contributed by atoms with van der Waals surface area (Å²) in [6, 6.07) is 9.27. The molecule has 8 heteroatoms. The van der Waals surface area contributed by atoms with Crippen LogP contribution in [0.5, 0.6) is 17.2 Å². The van der Waals surface area contributed by atoms with Crippen LogP contribution in [0, 0.1) is 0 Å². The molecule has 1 N–H and O–H groups in total. The molecule has 2 heterocycles. The van der Waals surface area contributed by atoms with Gasteiger partial charge in [-0.3, -0.25) is 9.69 Å². The van der Waals surface area contributed by atoms with Gasteiger partial charge < -0.3 is 14.3 Å². The number of aromatic hydroxyl groups is 1. The van der Waals surface area contributed by atoms with E-state index in [1.807, 2.05) is 13.8 Å². The minimum Gasteiger partial charge on any atom is -0.507 e. The van der Waals surface area contributed by atoms with Gasteiger partial charge in [0, 0.05) is 12.6 Å². The third kappa shape index (κ3) is 4.71. The lowest BCUT2D eigenvalue weighted by Gasteiger charge is -2.33. The first-order valence-corrected chi connectivity index (χ1v) is 11.1. The van der Waals surface area contributed by atoms with Gasteiger partial charge in [-0.05, 0) is 62.6 Å². The molecular weight excluding hydrogens is 435 g/mol. The van der Waals surface area contributed by atoms with Crippen molar-refractivity contribution in [2.45, 2.75) is 58.3 Å². The molecule has 1 saturated heterocycles. The van der Waals surface area contributed by atoms with Gasteiger partial charge in [-0.2, -0.15) is 13.2 Å². The fourth-order valence-corrected chi connectivity index (χ4v) is 4.23. The van der Waals surface area contributed by atoms with Gasteiger partial charge in [0.15, 0.2) is 0 Å². The van der Waals surface area contributed by atoms with Crippen LogP contribution in [-0.2, 0) is 19.1 Å². The second-order valence-electron chi connectivity index (χ2n) is 8.44. The van der Waals surface area contributed by atoms with Crippen molar-refractivity contribution in [3.63, 3.8) is 0 Å². The van der Waals surface area contributed by atoms with Crippen molar-refractivity contribution in [1.82, 2.24) is 4.90 Å². The summed E-state index contributed by atoms with van der Waals surface area (Å²) in [6.45, 7) is 4.92. The molecule has 1 aromatic heterocycles. The highest BCUT2D eigenvalue weighted by Gasteiger charge is 2.41. The van der Waals surface area contributed by atoms with Crippen molar-refractivity contribution in [3.8, 4) is 17.2 Å². The fourth-order valence-electron chi connectivity index (χ4n) is 4.23. The number of phenolic OH excluding ortho intramolecular Hbond substituents is 1. The van der Waals surface area contributed by atoms with Crippen molar-refractivity contribution < 1.29 is 27.4 Å². The van der Waals surface area contributed by atoms with Crippen LogP contribution in [0.15, 0.2) is 45.6 Å².